The molecule has 0 aliphatic heterocycles. The Hall–Kier alpha value is -0.990. The third-order valence-electron chi connectivity index (χ3n) is 3.30. The molecule has 0 spiro atoms. The third kappa shape index (κ3) is 2.15. The second-order valence-corrected chi connectivity index (χ2v) is 6.34. The van der Waals surface area contributed by atoms with Crippen LogP contribution >= 0.6 is 11.6 Å². The molecule has 3 heteroatoms. The van der Waals surface area contributed by atoms with Gasteiger partial charge in [0, 0.05) is 10.4 Å². The van der Waals surface area contributed by atoms with E-state index in [1.165, 1.54) is 0 Å². The van der Waals surface area contributed by atoms with Crippen LogP contribution in [0.2, 0.25) is 5.02 Å². The average molecular weight is 267 g/mol. The van der Waals surface area contributed by atoms with Gasteiger partial charge in [-0.3, -0.25) is 0 Å². The molecule has 0 aliphatic rings. The van der Waals surface area contributed by atoms with Gasteiger partial charge in [0.05, 0.1) is 0 Å². The minimum atomic E-state index is -0.622. The normalized spacial score (nSPS) is 14.2. The van der Waals surface area contributed by atoms with Gasteiger partial charge >= 0.3 is 0 Å². The maximum absolute atomic E-state index is 10.3. The lowest BCUT2D eigenvalue weighted by molar-refractivity contribution is 0.0448. The van der Waals surface area contributed by atoms with Crippen molar-refractivity contribution < 1.29 is 9.52 Å². The zero-order valence-electron chi connectivity index (χ0n) is 11.5. The summed E-state index contributed by atoms with van der Waals surface area (Å²) in [5.41, 5.74) is 2.53. The van der Waals surface area contributed by atoms with Crippen LogP contribution in [0.15, 0.2) is 16.5 Å². The Balaban J connectivity index is 2.61. The first-order valence-corrected chi connectivity index (χ1v) is 6.47. The van der Waals surface area contributed by atoms with Crippen LogP contribution in [0.25, 0.3) is 11.0 Å². The van der Waals surface area contributed by atoms with Crippen LogP contribution in [0, 0.1) is 19.3 Å². The number of rotatable bonds is 1. The van der Waals surface area contributed by atoms with E-state index in [4.69, 9.17) is 16.0 Å². The van der Waals surface area contributed by atoms with Gasteiger partial charge in [-0.25, -0.2) is 0 Å². The van der Waals surface area contributed by atoms with E-state index < -0.39 is 6.10 Å². The number of benzene rings is 1. The van der Waals surface area contributed by atoms with Crippen molar-refractivity contribution >= 4 is 22.6 Å². The molecule has 1 aromatic carbocycles. The molecule has 1 aromatic heterocycles. The van der Waals surface area contributed by atoms with Gasteiger partial charge in [-0.1, -0.05) is 32.4 Å². The van der Waals surface area contributed by atoms with Crippen molar-refractivity contribution in [3.05, 3.63) is 34.0 Å². The minimum Gasteiger partial charge on any atom is -0.458 e. The summed E-state index contributed by atoms with van der Waals surface area (Å²) >= 11 is 6.23. The summed E-state index contributed by atoms with van der Waals surface area (Å²) < 4.78 is 5.76. The molecule has 0 amide bonds. The lowest BCUT2D eigenvalue weighted by Crippen LogP contribution is -2.16. The lowest BCUT2D eigenvalue weighted by atomic mass is 9.87. The fourth-order valence-corrected chi connectivity index (χ4v) is 2.22. The second kappa shape index (κ2) is 4.29. The highest BCUT2D eigenvalue weighted by Crippen LogP contribution is 2.38. The van der Waals surface area contributed by atoms with Crippen molar-refractivity contribution in [2.75, 3.05) is 0 Å². The first-order valence-electron chi connectivity index (χ1n) is 6.09. The molecule has 0 radical (unpaired) electrons. The largest absolute Gasteiger partial charge is 0.458 e. The molecule has 1 unspecified atom stereocenters. The number of aliphatic hydroxyl groups is 1. The van der Waals surface area contributed by atoms with Crippen molar-refractivity contribution in [3.8, 4) is 0 Å². The first-order chi connectivity index (χ1) is 8.21. The van der Waals surface area contributed by atoms with E-state index in [1.807, 2.05) is 46.8 Å². The van der Waals surface area contributed by atoms with Crippen LogP contribution in [-0.4, -0.2) is 5.11 Å². The van der Waals surface area contributed by atoms with Crippen molar-refractivity contribution in [3.63, 3.8) is 0 Å². The number of furan rings is 1. The van der Waals surface area contributed by atoms with Crippen molar-refractivity contribution in [1.82, 2.24) is 0 Å². The van der Waals surface area contributed by atoms with E-state index in [1.54, 1.807) is 0 Å². The number of fused-ring (bicyclic) bond motifs is 1. The van der Waals surface area contributed by atoms with Gasteiger partial charge in [0.25, 0.3) is 0 Å². The Morgan fingerprint density at radius 1 is 1.22 bits per heavy atom. The standard InChI is InChI=1S/C15H19ClO2/c1-8-6-11-10(9(2)13(8)16)7-12(18-11)14(17)15(3,4)5/h6-7,14,17H,1-5H3. The quantitative estimate of drug-likeness (QED) is 0.806. The summed E-state index contributed by atoms with van der Waals surface area (Å²) in [4.78, 5) is 0. The highest BCUT2D eigenvalue weighted by Gasteiger charge is 2.27. The van der Waals surface area contributed by atoms with E-state index in [-0.39, 0.29) is 5.41 Å². The van der Waals surface area contributed by atoms with Gasteiger partial charge in [-0.2, -0.15) is 0 Å². The van der Waals surface area contributed by atoms with Gasteiger partial charge < -0.3 is 9.52 Å². The van der Waals surface area contributed by atoms with E-state index in [0.717, 1.165) is 27.1 Å². The number of hydrogen-bond donors (Lipinski definition) is 1. The van der Waals surface area contributed by atoms with Gasteiger partial charge in [0.15, 0.2) is 0 Å². The molecule has 0 fully saturated rings. The van der Waals surface area contributed by atoms with Crippen molar-refractivity contribution in [1.29, 1.82) is 0 Å². The summed E-state index contributed by atoms with van der Waals surface area (Å²) in [6, 6.07) is 3.81. The monoisotopic (exact) mass is 266 g/mol. The van der Waals surface area contributed by atoms with Crippen LogP contribution in [0.3, 0.4) is 0 Å². The van der Waals surface area contributed by atoms with Crippen LogP contribution < -0.4 is 0 Å². The minimum absolute atomic E-state index is 0.249. The predicted molar refractivity (Wildman–Crippen MR) is 75.1 cm³/mol. The molecule has 18 heavy (non-hydrogen) atoms. The van der Waals surface area contributed by atoms with E-state index in [9.17, 15) is 5.11 Å². The lowest BCUT2D eigenvalue weighted by Gasteiger charge is -2.23. The number of hydrogen-bond acceptors (Lipinski definition) is 2. The maximum atomic E-state index is 10.3. The van der Waals surface area contributed by atoms with E-state index >= 15 is 0 Å². The molecule has 0 aliphatic carbocycles. The van der Waals surface area contributed by atoms with Gasteiger partial charge in [0.1, 0.15) is 17.4 Å². The highest BCUT2D eigenvalue weighted by atomic mass is 35.5. The third-order valence-corrected chi connectivity index (χ3v) is 3.88. The Morgan fingerprint density at radius 3 is 2.39 bits per heavy atom. The number of aliphatic hydroxyl groups excluding tert-OH is 1. The molecular weight excluding hydrogens is 248 g/mol. The molecule has 1 atom stereocenters. The maximum Gasteiger partial charge on any atom is 0.135 e. The molecule has 1 heterocycles. The molecule has 2 aromatic rings. The van der Waals surface area contributed by atoms with Crippen LogP contribution in [-0.2, 0) is 0 Å². The molecule has 2 rings (SSSR count). The summed E-state index contributed by atoms with van der Waals surface area (Å²) in [6.45, 7) is 9.87. The summed E-state index contributed by atoms with van der Waals surface area (Å²) in [7, 11) is 0. The molecule has 0 bridgehead atoms. The summed E-state index contributed by atoms with van der Waals surface area (Å²) in [6.07, 6.45) is -0.622. The zero-order valence-corrected chi connectivity index (χ0v) is 12.2. The van der Waals surface area contributed by atoms with Crippen LogP contribution in [0.5, 0.6) is 0 Å². The van der Waals surface area contributed by atoms with E-state index in [2.05, 4.69) is 0 Å². The van der Waals surface area contributed by atoms with Crippen LogP contribution in [0.4, 0.5) is 0 Å². The molecule has 1 N–H and O–H groups in total. The van der Waals surface area contributed by atoms with Gasteiger partial charge in [0.2, 0.25) is 0 Å². The summed E-state index contributed by atoms with van der Waals surface area (Å²) in [5.74, 6) is 0.599. The van der Waals surface area contributed by atoms with Gasteiger partial charge in [-0.05, 0) is 42.5 Å². The Labute approximate surface area is 113 Å². The Kier molecular flexibility index (Phi) is 3.20. The van der Waals surface area contributed by atoms with Crippen molar-refractivity contribution in [2.45, 2.75) is 40.7 Å². The first kappa shape index (κ1) is 13.4. The van der Waals surface area contributed by atoms with Crippen molar-refractivity contribution in [2.24, 2.45) is 5.41 Å². The number of halogens is 1. The molecule has 0 saturated heterocycles. The average Bonchev–Trinajstić information content (AvgIpc) is 2.67. The molecule has 0 saturated carbocycles. The summed E-state index contributed by atoms with van der Waals surface area (Å²) in [5, 5.41) is 12.0. The van der Waals surface area contributed by atoms with Crippen LogP contribution in [0.1, 0.15) is 43.8 Å². The Bertz CT molecular complexity index is 591. The number of aryl methyl sites for hydroxylation is 2. The fraction of sp³-hybridized carbons (Fsp3) is 0.467. The molecule has 2 nitrogen and oxygen atoms in total. The predicted octanol–water partition coefficient (Wildman–Crippen LogP) is 4.78. The highest BCUT2D eigenvalue weighted by molar-refractivity contribution is 6.33. The second-order valence-electron chi connectivity index (χ2n) is 5.96. The SMILES string of the molecule is Cc1cc2oc(C(O)C(C)(C)C)cc2c(C)c1Cl. The Morgan fingerprint density at radius 2 is 1.83 bits per heavy atom. The zero-order chi connectivity index (χ0) is 13.7. The van der Waals surface area contributed by atoms with E-state index in [0.29, 0.717) is 5.76 Å². The smallest absolute Gasteiger partial charge is 0.135 e. The fourth-order valence-electron chi connectivity index (χ4n) is 2.06. The molecule has 98 valence electrons. The molecular formula is C15H19ClO2. The topological polar surface area (TPSA) is 33.4 Å². The van der Waals surface area contributed by atoms with Gasteiger partial charge in [-0.15, -0.1) is 0 Å².